The van der Waals surface area contributed by atoms with Crippen molar-refractivity contribution in [2.75, 3.05) is 5.75 Å². The molecule has 3 nitrogen and oxygen atoms in total. The van der Waals surface area contributed by atoms with Gasteiger partial charge in [-0.05, 0) is 55.0 Å². The van der Waals surface area contributed by atoms with Gasteiger partial charge in [0, 0.05) is 11.6 Å². The summed E-state index contributed by atoms with van der Waals surface area (Å²) in [5, 5.41) is 9.91. The van der Waals surface area contributed by atoms with E-state index in [0.717, 1.165) is 31.4 Å². The summed E-state index contributed by atoms with van der Waals surface area (Å²) in [6, 6.07) is 7.41. The lowest BCUT2D eigenvalue weighted by atomic mass is 10.0. The molecule has 0 aliphatic heterocycles. The van der Waals surface area contributed by atoms with Crippen molar-refractivity contribution < 1.29 is 22.3 Å². The quantitative estimate of drug-likeness (QED) is 0.716. The maximum Gasteiger partial charge on any atom is 0.180 e. The molecule has 0 aromatic heterocycles. The van der Waals surface area contributed by atoms with Crippen molar-refractivity contribution in [2.24, 2.45) is 5.92 Å². The molecule has 2 aromatic carbocycles. The zero-order chi connectivity index (χ0) is 19.6. The van der Waals surface area contributed by atoms with E-state index in [9.17, 15) is 22.3 Å². The molecular weight excluding hydrogens is 394 g/mol. The van der Waals surface area contributed by atoms with Gasteiger partial charge < -0.3 is 5.11 Å². The van der Waals surface area contributed by atoms with Crippen LogP contribution in [0.1, 0.15) is 32.1 Å². The fraction of sp³-hybridized carbons (Fsp3) is 0.400. The van der Waals surface area contributed by atoms with Crippen LogP contribution in [0, 0.1) is 17.6 Å². The van der Waals surface area contributed by atoms with E-state index in [4.69, 9.17) is 11.6 Å². The normalized spacial score (nSPS) is 21.0. The Morgan fingerprint density at radius 1 is 1.07 bits per heavy atom. The highest BCUT2D eigenvalue weighted by Gasteiger charge is 2.27. The van der Waals surface area contributed by atoms with Gasteiger partial charge in [0.1, 0.15) is 11.6 Å². The van der Waals surface area contributed by atoms with Gasteiger partial charge in [0.15, 0.2) is 9.84 Å². The van der Waals surface area contributed by atoms with Crippen LogP contribution in [0.3, 0.4) is 0 Å². The highest BCUT2D eigenvalue weighted by atomic mass is 35.5. The number of hydrogen-bond donors (Lipinski definition) is 1. The molecule has 0 spiro atoms. The van der Waals surface area contributed by atoms with Gasteiger partial charge in [0.2, 0.25) is 0 Å². The summed E-state index contributed by atoms with van der Waals surface area (Å²) in [7, 11) is -3.64. The molecule has 0 amide bonds. The lowest BCUT2D eigenvalue weighted by Crippen LogP contribution is -2.20. The van der Waals surface area contributed by atoms with Crippen LogP contribution < -0.4 is 0 Å². The molecule has 0 bridgehead atoms. The Hall–Kier alpha value is -1.50. The monoisotopic (exact) mass is 414 g/mol. The van der Waals surface area contributed by atoms with E-state index in [2.05, 4.69) is 0 Å². The molecule has 0 radical (unpaired) electrons. The number of hydrogen-bond acceptors (Lipinski definition) is 3. The van der Waals surface area contributed by atoms with E-state index in [1.165, 1.54) is 24.3 Å². The highest BCUT2D eigenvalue weighted by molar-refractivity contribution is 7.91. The second-order valence-electron chi connectivity index (χ2n) is 7.09. The van der Waals surface area contributed by atoms with Gasteiger partial charge in [-0.1, -0.05) is 30.5 Å². The number of aliphatic hydroxyl groups excluding tert-OH is 1. The molecule has 1 aliphatic carbocycles. The number of benzene rings is 2. The van der Waals surface area contributed by atoms with Crippen molar-refractivity contribution >= 4 is 21.4 Å². The first-order valence-electron chi connectivity index (χ1n) is 8.92. The van der Waals surface area contributed by atoms with Crippen molar-refractivity contribution in [1.29, 1.82) is 0 Å². The second kappa shape index (κ2) is 8.25. The van der Waals surface area contributed by atoms with Gasteiger partial charge in [0.05, 0.1) is 21.8 Å². The third-order valence-electron chi connectivity index (χ3n) is 4.97. The van der Waals surface area contributed by atoms with Crippen LogP contribution in [0.4, 0.5) is 8.78 Å². The minimum Gasteiger partial charge on any atom is -0.393 e. The van der Waals surface area contributed by atoms with Gasteiger partial charge in [-0.3, -0.25) is 0 Å². The molecule has 0 heterocycles. The van der Waals surface area contributed by atoms with Gasteiger partial charge in [-0.15, -0.1) is 0 Å². The largest absolute Gasteiger partial charge is 0.393 e. The highest BCUT2D eigenvalue weighted by Crippen LogP contribution is 2.33. The molecule has 2 aromatic rings. The van der Waals surface area contributed by atoms with E-state index in [1.807, 2.05) is 0 Å². The molecule has 3 rings (SSSR count). The summed E-state index contributed by atoms with van der Waals surface area (Å²) in [6.07, 6.45) is 3.26. The Balaban J connectivity index is 1.86. The second-order valence-corrected chi connectivity index (χ2v) is 9.50. The van der Waals surface area contributed by atoms with Gasteiger partial charge in [0.25, 0.3) is 0 Å². The van der Waals surface area contributed by atoms with Crippen molar-refractivity contribution in [3.05, 3.63) is 53.1 Å². The average molecular weight is 415 g/mol. The fourth-order valence-electron chi connectivity index (χ4n) is 3.63. The topological polar surface area (TPSA) is 54.4 Å². The van der Waals surface area contributed by atoms with Gasteiger partial charge >= 0.3 is 0 Å². The summed E-state index contributed by atoms with van der Waals surface area (Å²) in [4.78, 5) is -0.00540. The Bertz CT molecular complexity index is 931. The van der Waals surface area contributed by atoms with Crippen molar-refractivity contribution in [3.8, 4) is 11.1 Å². The summed E-state index contributed by atoms with van der Waals surface area (Å²) in [6.45, 7) is 0. The minimum atomic E-state index is -3.64. The zero-order valence-corrected chi connectivity index (χ0v) is 16.2. The van der Waals surface area contributed by atoms with Crippen molar-refractivity contribution in [1.82, 2.24) is 0 Å². The molecule has 1 N–H and O–H groups in total. The maximum absolute atomic E-state index is 14.0. The van der Waals surface area contributed by atoms with Crippen LogP contribution in [0.2, 0.25) is 5.02 Å². The zero-order valence-electron chi connectivity index (χ0n) is 14.7. The van der Waals surface area contributed by atoms with E-state index in [-0.39, 0.29) is 27.2 Å². The summed E-state index contributed by atoms with van der Waals surface area (Å²) in [5.74, 6) is -1.62. The third kappa shape index (κ3) is 4.86. The molecule has 1 fully saturated rings. The number of halogens is 3. The molecule has 1 saturated carbocycles. The number of sulfone groups is 1. The molecule has 0 saturated heterocycles. The molecule has 1 aliphatic rings. The van der Waals surface area contributed by atoms with Crippen LogP contribution in [0.15, 0.2) is 41.3 Å². The van der Waals surface area contributed by atoms with Crippen LogP contribution in [-0.4, -0.2) is 25.4 Å². The molecule has 146 valence electrons. The van der Waals surface area contributed by atoms with Crippen LogP contribution in [0.5, 0.6) is 0 Å². The van der Waals surface area contributed by atoms with Crippen LogP contribution >= 0.6 is 11.6 Å². The third-order valence-corrected chi connectivity index (χ3v) is 7.33. The summed E-state index contributed by atoms with van der Waals surface area (Å²) < 4.78 is 52.7. The van der Waals surface area contributed by atoms with Crippen LogP contribution in [0.25, 0.3) is 11.1 Å². The maximum atomic E-state index is 14.0. The van der Waals surface area contributed by atoms with Gasteiger partial charge in [-0.2, -0.15) is 0 Å². The van der Waals surface area contributed by atoms with E-state index in [1.54, 1.807) is 0 Å². The van der Waals surface area contributed by atoms with E-state index < -0.39 is 27.6 Å². The minimum absolute atomic E-state index is 0.00500. The lowest BCUT2D eigenvalue weighted by molar-refractivity contribution is 0.145. The molecular formula is C20H21ClF2O3S. The molecule has 27 heavy (non-hydrogen) atoms. The lowest BCUT2D eigenvalue weighted by Gasteiger charge is -2.17. The SMILES string of the molecule is O=S(=O)(C[C@H]1CCCC[C@@H](O)C1)c1ccc(-c2ccc(F)cc2F)cc1Cl. The summed E-state index contributed by atoms with van der Waals surface area (Å²) >= 11 is 6.20. The Labute approximate surface area is 162 Å². The first-order chi connectivity index (χ1) is 12.8. The number of aliphatic hydroxyl groups is 1. The average Bonchev–Trinajstić information content (AvgIpc) is 2.77. The predicted molar refractivity (Wildman–Crippen MR) is 101 cm³/mol. The summed E-state index contributed by atoms with van der Waals surface area (Å²) in [5.41, 5.74) is 0.524. The Morgan fingerprint density at radius 3 is 2.52 bits per heavy atom. The standard InChI is InChI=1S/C20H21ClF2O3S/c21-18-10-14(17-7-6-15(22)11-19(17)23)5-8-20(18)27(25,26)12-13-3-1-2-4-16(24)9-13/h5-8,10-11,13,16,24H,1-4,9,12H2/t13-,16+/m0/s1. The molecule has 2 atom stereocenters. The fourth-order valence-corrected chi connectivity index (χ4v) is 5.90. The first-order valence-corrected chi connectivity index (χ1v) is 10.9. The number of rotatable bonds is 4. The smallest absolute Gasteiger partial charge is 0.180 e. The predicted octanol–water partition coefficient (Wildman–Crippen LogP) is 5.00. The van der Waals surface area contributed by atoms with Gasteiger partial charge in [-0.25, -0.2) is 17.2 Å². The van der Waals surface area contributed by atoms with E-state index in [0.29, 0.717) is 18.4 Å². The van der Waals surface area contributed by atoms with E-state index >= 15 is 0 Å². The molecule has 7 heteroatoms. The Kier molecular flexibility index (Phi) is 6.18. The van der Waals surface area contributed by atoms with Crippen LogP contribution in [-0.2, 0) is 9.84 Å². The first kappa shape index (κ1) is 20.2. The molecule has 0 unspecified atom stereocenters. The van der Waals surface area contributed by atoms with Crippen molar-refractivity contribution in [2.45, 2.75) is 43.1 Å². The van der Waals surface area contributed by atoms with Crippen molar-refractivity contribution in [3.63, 3.8) is 0 Å². The Morgan fingerprint density at radius 2 is 1.81 bits per heavy atom.